The van der Waals surface area contributed by atoms with Gasteiger partial charge in [-0.15, -0.1) is 0 Å². The summed E-state index contributed by atoms with van der Waals surface area (Å²) in [6.45, 7) is 2.24. The molecule has 0 radical (unpaired) electrons. The summed E-state index contributed by atoms with van der Waals surface area (Å²) in [5.74, 6) is 0. The van der Waals surface area contributed by atoms with E-state index in [0.717, 1.165) is 13.1 Å². The van der Waals surface area contributed by atoms with Crippen LogP contribution >= 0.6 is 11.8 Å². The standard InChI is InChI=1S/C16H23N3S/c1-2-4-6-12(5-3-1)18-13-7-8-15-14(11-13)19-10-9-17-16(19)20-15/h7-8,11-12,16-18H,1-6,9-10H2. The number of nitrogens with one attached hydrogen (secondary N) is 2. The molecule has 1 aromatic carbocycles. The van der Waals surface area contributed by atoms with Gasteiger partial charge in [0.1, 0.15) is 5.50 Å². The van der Waals surface area contributed by atoms with Gasteiger partial charge in [-0.2, -0.15) is 0 Å². The van der Waals surface area contributed by atoms with E-state index in [4.69, 9.17) is 0 Å². The Kier molecular flexibility index (Phi) is 3.52. The van der Waals surface area contributed by atoms with Gasteiger partial charge in [0.15, 0.2) is 0 Å². The van der Waals surface area contributed by atoms with Crippen molar-refractivity contribution in [2.24, 2.45) is 0 Å². The van der Waals surface area contributed by atoms with Gasteiger partial charge in [-0.05, 0) is 31.0 Å². The van der Waals surface area contributed by atoms with E-state index in [2.05, 4.69) is 33.7 Å². The van der Waals surface area contributed by atoms with Crippen LogP contribution in [0, 0.1) is 0 Å². The monoisotopic (exact) mass is 289 g/mol. The van der Waals surface area contributed by atoms with E-state index >= 15 is 0 Å². The minimum Gasteiger partial charge on any atom is -0.382 e. The zero-order valence-electron chi connectivity index (χ0n) is 11.9. The summed E-state index contributed by atoms with van der Waals surface area (Å²) in [5, 5.41) is 7.32. The number of hydrogen-bond acceptors (Lipinski definition) is 4. The molecule has 3 aliphatic rings. The van der Waals surface area contributed by atoms with Crippen molar-refractivity contribution in [2.45, 2.75) is 55.0 Å². The zero-order chi connectivity index (χ0) is 13.4. The Morgan fingerprint density at radius 2 is 2.00 bits per heavy atom. The summed E-state index contributed by atoms with van der Waals surface area (Å²) in [6, 6.07) is 7.59. The lowest BCUT2D eigenvalue weighted by Crippen LogP contribution is -2.28. The molecule has 1 saturated heterocycles. The molecule has 0 spiro atoms. The number of thioether (sulfide) groups is 1. The van der Waals surface area contributed by atoms with Crippen molar-refractivity contribution in [3.8, 4) is 0 Å². The molecule has 3 nitrogen and oxygen atoms in total. The molecule has 2 N–H and O–H groups in total. The van der Waals surface area contributed by atoms with Crippen molar-refractivity contribution in [1.82, 2.24) is 5.32 Å². The Balaban J connectivity index is 1.51. The predicted octanol–water partition coefficient (Wildman–Crippen LogP) is 3.62. The first kappa shape index (κ1) is 12.8. The Morgan fingerprint density at radius 1 is 1.15 bits per heavy atom. The Bertz CT molecular complexity index is 483. The molecule has 1 unspecified atom stereocenters. The molecular formula is C16H23N3S. The summed E-state index contributed by atoms with van der Waals surface area (Å²) >= 11 is 1.95. The first-order chi connectivity index (χ1) is 9.90. The molecule has 2 heterocycles. The van der Waals surface area contributed by atoms with Crippen molar-refractivity contribution in [2.75, 3.05) is 23.3 Å². The summed E-state index contributed by atoms with van der Waals surface area (Å²) in [6.07, 6.45) is 8.27. The van der Waals surface area contributed by atoms with Crippen LogP contribution in [0.25, 0.3) is 0 Å². The van der Waals surface area contributed by atoms with E-state index < -0.39 is 0 Å². The molecule has 4 heteroatoms. The Labute approximate surface area is 125 Å². The van der Waals surface area contributed by atoms with Crippen molar-refractivity contribution in [1.29, 1.82) is 0 Å². The van der Waals surface area contributed by atoms with E-state index in [0.29, 0.717) is 11.5 Å². The number of hydrogen-bond donors (Lipinski definition) is 2. The smallest absolute Gasteiger partial charge is 0.133 e. The van der Waals surface area contributed by atoms with Gasteiger partial charge in [0.05, 0.1) is 5.69 Å². The fraction of sp³-hybridized carbons (Fsp3) is 0.625. The molecule has 20 heavy (non-hydrogen) atoms. The molecule has 2 aliphatic heterocycles. The van der Waals surface area contributed by atoms with Crippen molar-refractivity contribution in [3.05, 3.63) is 18.2 Å². The predicted molar refractivity (Wildman–Crippen MR) is 86.5 cm³/mol. The second-order valence-electron chi connectivity index (χ2n) is 6.13. The van der Waals surface area contributed by atoms with Gasteiger partial charge in [0.2, 0.25) is 0 Å². The molecule has 2 fully saturated rings. The quantitative estimate of drug-likeness (QED) is 0.813. The normalized spacial score (nSPS) is 26.2. The average Bonchev–Trinajstić information content (AvgIpc) is 2.93. The lowest BCUT2D eigenvalue weighted by molar-refractivity contribution is 0.620. The zero-order valence-corrected chi connectivity index (χ0v) is 12.7. The van der Waals surface area contributed by atoms with Gasteiger partial charge in [-0.1, -0.05) is 37.4 Å². The highest BCUT2D eigenvalue weighted by Gasteiger charge is 2.33. The number of fused-ring (bicyclic) bond motifs is 3. The molecule has 108 valence electrons. The van der Waals surface area contributed by atoms with Crippen molar-refractivity contribution >= 4 is 23.1 Å². The third-order valence-electron chi connectivity index (χ3n) is 4.69. The van der Waals surface area contributed by atoms with E-state index in [9.17, 15) is 0 Å². The molecule has 0 aromatic heterocycles. The number of rotatable bonds is 2. The lowest BCUT2D eigenvalue weighted by Gasteiger charge is -2.20. The SMILES string of the molecule is c1cc2c(cc1NC1CCCCCC1)N1CCNC1S2. The van der Waals surface area contributed by atoms with E-state index in [-0.39, 0.29) is 0 Å². The van der Waals surface area contributed by atoms with Crippen LogP contribution in [0.1, 0.15) is 38.5 Å². The third kappa shape index (κ3) is 2.40. The van der Waals surface area contributed by atoms with Crippen LogP contribution in [0.2, 0.25) is 0 Å². The van der Waals surface area contributed by atoms with Crippen LogP contribution in [-0.4, -0.2) is 24.6 Å². The highest BCUT2D eigenvalue weighted by atomic mass is 32.2. The topological polar surface area (TPSA) is 27.3 Å². The van der Waals surface area contributed by atoms with Crippen LogP contribution in [0.15, 0.2) is 23.1 Å². The molecule has 1 saturated carbocycles. The molecule has 0 bridgehead atoms. The molecule has 1 aromatic rings. The number of benzene rings is 1. The fourth-order valence-electron chi connectivity index (χ4n) is 3.60. The molecule has 0 amide bonds. The fourth-order valence-corrected chi connectivity index (χ4v) is 4.83. The second kappa shape index (κ2) is 5.49. The second-order valence-corrected chi connectivity index (χ2v) is 7.26. The van der Waals surface area contributed by atoms with Crippen molar-refractivity contribution < 1.29 is 0 Å². The number of nitrogens with zero attached hydrogens (tertiary/aromatic N) is 1. The van der Waals surface area contributed by atoms with Gasteiger partial charge in [-0.3, -0.25) is 5.32 Å². The summed E-state index contributed by atoms with van der Waals surface area (Å²) in [5.41, 5.74) is 3.20. The highest BCUT2D eigenvalue weighted by Crippen LogP contribution is 2.44. The maximum absolute atomic E-state index is 3.77. The van der Waals surface area contributed by atoms with Crippen LogP contribution < -0.4 is 15.5 Å². The molecular weight excluding hydrogens is 266 g/mol. The lowest BCUT2D eigenvalue weighted by atomic mass is 10.1. The third-order valence-corrected chi connectivity index (χ3v) is 5.93. The first-order valence-electron chi connectivity index (χ1n) is 7.97. The Hall–Kier alpha value is -0.870. The van der Waals surface area contributed by atoms with Crippen LogP contribution in [0.5, 0.6) is 0 Å². The molecule has 1 atom stereocenters. The number of anilines is 2. The van der Waals surface area contributed by atoms with Gasteiger partial charge in [0.25, 0.3) is 0 Å². The molecule has 1 aliphatic carbocycles. The Morgan fingerprint density at radius 3 is 2.85 bits per heavy atom. The van der Waals surface area contributed by atoms with Gasteiger partial charge >= 0.3 is 0 Å². The minimum atomic E-state index is 0.470. The van der Waals surface area contributed by atoms with Crippen LogP contribution in [-0.2, 0) is 0 Å². The van der Waals surface area contributed by atoms with Crippen LogP contribution in [0.3, 0.4) is 0 Å². The van der Waals surface area contributed by atoms with E-state index in [1.165, 1.54) is 54.8 Å². The average molecular weight is 289 g/mol. The van der Waals surface area contributed by atoms with Crippen molar-refractivity contribution in [3.63, 3.8) is 0 Å². The highest BCUT2D eigenvalue weighted by molar-refractivity contribution is 8.00. The summed E-state index contributed by atoms with van der Waals surface area (Å²) in [7, 11) is 0. The molecule has 4 rings (SSSR count). The minimum absolute atomic E-state index is 0.470. The maximum atomic E-state index is 3.77. The van der Waals surface area contributed by atoms with Gasteiger partial charge < -0.3 is 10.2 Å². The summed E-state index contributed by atoms with van der Waals surface area (Å²) < 4.78 is 0. The van der Waals surface area contributed by atoms with E-state index in [1.54, 1.807) is 0 Å². The maximum Gasteiger partial charge on any atom is 0.133 e. The van der Waals surface area contributed by atoms with E-state index in [1.807, 2.05) is 11.8 Å². The summed E-state index contributed by atoms with van der Waals surface area (Å²) in [4.78, 5) is 3.92. The first-order valence-corrected chi connectivity index (χ1v) is 8.85. The largest absolute Gasteiger partial charge is 0.382 e. The van der Waals surface area contributed by atoms with Crippen LogP contribution in [0.4, 0.5) is 11.4 Å². The van der Waals surface area contributed by atoms with Gasteiger partial charge in [-0.25, -0.2) is 0 Å². The van der Waals surface area contributed by atoms with Gasteiger partial charge in [0, 0.05) is 29.7 Å².